The van der Waals surface area contributed by atoms with Gasteiger partial charge in [-0.15, -0.1) is 0 Å². The van der Waals surface area contributed by atoms with Crippen LogP contribution in [0.2, 0.25) is 0 Å². The molecule has 2 aromatic rings. The third-order valence-corrected chi connectivity index (χ3v) is 5.66. The molecule has 3 rings (SSSR count). The number of ether oxygens (including phenoxy) is 1. The Kier molecular flexibility index (Phi) is 7.01. The second-order valence-electron chi connectivity index (χ2n) is 9.10. The van der Waals surface area contributed by atoms with Crippen LogP contribution in [0, 0.1) is 5.92 Å². The summed E-state index contributed by atoms with van der Waals surface area (Å²) < 4.78 is 5.65. The van der Waals surface area contributed by atoms with Crippen molar-refractivity contribution in [3.63, 3.8) is 0 Å². The van der Waals surface area contributed by atoms with Crippen LogP contribution in [0.1, 0.15) is 50.7 Å². The Morgan fingerprint density at radius 3 is 2.00 bits per heavy atom. The Hall–Kier alpha value is -2.86. The number of piperidine rings is 1. The summed E-state index contributed by atoms with van der Waals surface area (Å²) in [7, 11) is 0. The SMILES string of the molecule is CC(C)(C)OC(=O)N1CCC(CC(=O)O)C(O)C1C(c1ccccc1)c1ccccc1. The van der Waals surface area contributed by atoms with Crippen molar-refractivity contribution < 1.29 is 24.5 Å². The van der Waals surface area contributed by atoms with Crippen LogP contribution in [0.4, 0.5) is 4.79 Å². The lowest BCUT2D eigenvalue weighted by atomic mass is 9.75. The molecule has 1 aliphatic rings. The predicted molar refractivity (Wildman–Crippen MR) is 118 cm³/mol. The molecule has 1 amide bonds. The highest BCUT2D eigenvalue weighted by Crippen LogP contribution is 2.39. The zero-order chi connectivity index (χ0) is 22.6. The van der Waals surface area contributed by atoms with Gasteiger partial charge in [0.25, 0.3) is 0 Å². The summed E-state index contributed by atoms with van der Waals surface area (Å²) in [6.07, 6.45) is -1.25. The van der Waals surface area contributed by atoms with Crippen LogP contribution in [-0.2, 0) is 9.53 Å². The molecule has 0 aliphatic carbocycles. The summed E-state index contributed by atoms with van der Waals surface area (Å²) in [4.78, 5) is 26.1. The van der Waals surface area contributed by atoms with E-state index in [2.05, 4.69) is 0 Å². The van der Waals surface area contributed by atoms with Gasteiger partial charge >= 0.3 is 12.1 Å². The van der Waals surface area contributed by atoms with Crippen LogP contribution in [0.5, 0.6) is 0 Å². The van der Waals surface area contributed by atoms with Gasteiger partial charge in [-0.2, -0.15) is 0 Å². The number of hydrogen-bond donors (Lipinski definition) is 2. The highest BCUT2D eigenvalue weighted by atomic mass is 16.6. The van der Waals surface area contributed by atoms with Crippen molar-refractivity contribution in [2.75, 3.05) is 6.54 Å². The number of likely N-dealkylation sites (tertiary alicyclic amines) is 1. The molecular formula is C25H31NO5. The Morgan fingerprint density at radius 1 is 1.03 bits per heavy atom. The second kappa shape index (κ2) is 9.52. The van der Waals surface area contributed by atoms with Gasteiger partial charge in [-0.05, 0) is 44.2 Å². The number of benzene rings is 2. The number of aliphatic hydroxyl groups excluding tert-OH is 1. The van der Waals surface area contributed by atoms with E-state index in [0.29, 0.717) is 13.0 Å². The summed E-state index contributed by atoms with van der Waals surface area (Å²) >= 11 is 0. The van der Waals surface area contributed by atoms with E-state index < -0.39 is 35.7 Å². The molecule has 0 bridgehead atoms. The molecule has 6 nitrogen and oxygen atoms in total. The summed E-state index contributed by atoms with van der Waals surface area (Å²) in [5, 5.41) is 20.7. The zero-order valence-electron chi connectivity index (χ0n) is 18.3. The van der Waals surface area contributed by atoms with Crippen molar-refractivity contribution in [1.29, 1.82) is 0 Å². The summed E-state index contributed by atoms with van der Waals surface area (Å²) in [5.74, 6) is -1.73. The highest BCUT2D eigenvalue weighted by molar-refractivity contribution is 5.70. The van der Waals surface area contributed by atoms with Crippen molar-refractivity contribution in [2.45, 2.75) is 57.3 Å². The molecule has 2 aromatic carbocycles. The number of carboxylic acids is 1. The number of amides is 1. The van der Waals surface area contributed by atoms with E-state index in [1.165, 1.54) is 0 Å². The Morgan fingerprint density at radius 2 is 1.55 bits per heavy atom. The number of rotatable bonds is 5. The number of carboxylic acid groups (broad SMARTS) is 1. The lowest BCUT2D eigenvalue weighted by Gasteiger charge is -2.46. The fraction of sp³-hybridized carbons (Fsp3) is 0.440. The van der Waals surface area contributed by atoms with E-state index in [4.69, 9.17) is 4.74 Å². The van der Waals surface area contributed by atoms with Gasteiger partial charge < -0.3 is 19.8 Å². The maximum atomic E-state index is 13.1. The van der Waals surface area contributed by atoms with E-state index in [1.54, 1.807) is 25.7 Å². The Bertz CT molecular complexity index is 838. The summed E-state index contributed by atoms with van der Waals surface area (Å²) in [6.45, 7) is 5.74. The van der Waals surface area contributed by atoms with Crippen molar-refractivity contribution in [3.05, 3.63) is 71.8 Å². The molecule has 1 heterocycles. The molecule has 0 spiro atoms. The minimum atomic E-state index is -1.01. The third-order valence-electron chi connectivity index (χ3n) is 5.66. The molecule has 1 saturated heterocycles. The molecule has 31 heavy (non-hydrogen) atoms. The molecule has 3 atom stereocenters. The number of aliphatic carboxylic acids is 1. The van der Waals surface area contributed by atoms with E-state index in [0.717, 1.165) is 11.1 Å². The Balaban J connectivity index is 2.08. The normalized spacial score (nSPS) is 21.7. The summed E-state index contributed by atoms with van der Waals surface area (Å²) in [5.41, 5.74) is 1.21. The molecule has 0 aromatic heterocycles. The average molecular weight is 426 g/mol. The van der Waals surface area contributed by atoms with E-state index in [9.17, 15) is 19.8 Å². The second-order valence-corrected chi connectivity index (χ2v) is 9.10. The standard InChI is InChI=1S/C25H31NO5/c1-25(2,3)31-24(30)26-15-14-19(16-20(27)28)23(29)22(26)21(17-10-6-4-7-11-17)18-12-8-5-9-13-18/h4-13,19,21-23,29H,14-16H2,1-3H3,(H,27,28). The minimum absolute atomic E-state index is 0.143. The van der Waals surface area contributed by atoms with Crippen molar-refractivity contribution in [3.8, 4) is 0 Å². The first-order chi connectivity index (χ1) is 14.7. The average Bonchev–Trinajstić information content (AvgIpc) is 2.71. The van der Waals surface area contributed by atoms with Gasteiger partial charge in [-0.1, -0.05) is 60.7 Å². The third kappa shape index (κ3) is 5.64. The number of carbonyl (C=O) groups excluding carboxylic acids is 1. The molecule has 1 fully saturated rings. The van der Waals surface area contributed by atoms with Gasteiger partial charge in [-0.25, -0.2) is 4.79 Å². The van der Waals surface area contributed by atoms with E-state index in [1.807, 2.05) is 60.7 Å². The van der Waals surface area contributed by atoms with Crippen LogP contribution in [0.3, 0.4) is 0 Å². The largest absolute Gasteiger partial charge is 0.481 e. The number of hydrogen-bond acceptors (Lipinski definition) is 4. The molecular weight excluding hydrogens is 394 g/mol. The van der Waals surface area contributed by atoms with Crippen LogP contribution >= 0.6 is 0 Å². The molecule has 0 saturated carbocycles. The van der Waals surface area contributed by atoms with Gasteiger partial charge in [0, 0.05) is 12.5 Å². The fourth-order valence-electron chi connectivity index (χ4n) is 4.35. The molecule has 0 radical (unpaired) electrons. The number of nitrogens with zero attached hydrogens (tertiary/aromatic N) is 1. The molecule has 1 aliphatic heterocycles. The van der Waals surface area contributed by atoms with Gasteiger partial charge in [0.15, 0.2) is 0 Å². The minimum Gasteiger partial charge on any atom is -0.481 e. The lowest BCUT2D eigenvalue weighted by molar-refractivity contribution is -0.140. The Labute approximate surface area is 183 Å². The quantitative estimate of drug-likeness (QED) is 0.747. The van der Waals surface area contributed by atoms with Crippen LogP contribution in [-0.4, -0.2) is 51.5 Å². The van der Waals surface area contributed by atoms with Crippen LogP contribution < -0.4 is 0 Å². The predicted octanol–water partition coefficient (Wildman–Crippen LogP) is 4.28. The highest BCUT2D eigenvalue weighted by Gasteiger charge is 2.46. The lowest BCUT2D eigenvalue weighted by Crippen LogP contribution is -2.58. The van der Waals surface area contributed by atoms with Gasteiger partial charge in [0.1, 0.15) is 5.60 Å². The number of aliphatic hydroxyl groups is 1. The van der Waals surface area contributed by atoms with Crippen molar-refractivity contribution >= 4 is 12.1 Å². The first kappa shape index (κ1) is 22.8. The fourth-order valence-corrected chi connectivity index (χ4v) is 4.35. The van der Waals surface area contributed by atoms with Gasteiger partial charge in [-0.3, -0.25) is 4.79 Å². The maximum Gasteiger partial charge on any atom is 0.410 e. The van der Waals surface area contributed by atoms with E-state index >= 15 is 0 Å². The van der Waals surface area contributed by atoms with Crippen LogP contribution in [0.25, 0.3) is 0 Å². The molecule has 2 N–H and O–H groups in total. The number of carbonyl (C=O) groups is 2. The van der Waals surface area contributed by atoms with Gasteiger partial charge in [0.05, 0.1) is 18.6 Å². The first-order valence-corrected chi connectivity index (χ1v) is 10.7. The van der Waals surface area contributed by atoms with Crippen LogP contribution in [0.15, 0.2) is 60.7 Å². The van der Waals surface area contributed by atoms with Gasteiger partial charge in [0.2, 0.25) is 0 Å². The zero-order valence-corrected chi connectivity index (χ0v) is 18.3. The molecule has 3 unspecified atom stereocenters. The monoisotopic (exact) mass is 425 g/mol. The van der Waals surface area contributed by atoms with Crippen molar-refractivity contribution in [2.24, 2.45) is 5.92 Å². The maximum absolute atomic E-state index is 13.1. The summed E-state index contributed by atoms with van der Waals surface area (Å²) in [6, 6.07) is 18.8. The first-order valence-electron chi connectivity index (χ1n) is 10.7. The van der Waals surface area contributed by atoms with Crippen molar-refractivity contribution in [1.82, 2.24) is 4.90 Å². The molecule has 166 valence electrons. The smallest absolute Gasteiger partial charge is 0.410 e. The van der Waals surface area contributed by atoms with E-state index in [-0.39, 0.29) is 12.3 Å². The molecule has 6 heteroatoms. The topological polar surface area (TPSA) is 87.1 Å².